The van der Waals surface area contributed by atoms with Gasteiger partial charge in [-0.3, -0.25) is 0 Å². The summed E-state index contributed by atoms with van der Waals surface area (Å²) in [5, 5.41) is 3.23. The second-order valence-corrected chi connectivity index (χ2v) is 9.07. The van der Waals surface area contributed by atoms with Crippen molar-refractivity contribution in [3.8, 4) is 16.9 Å². The molecule has 1 amide bonds. The predicted molar refractivity (Wildman–Crippen MR) is 156 cm³/mol. The first kappa shape index (κ1) is 25.6. The molecule has 0 bridgehead atoms. The first-order chi connectivity index (χ1) is 19.0. The van der Waals surface area contributed by atoms with Crippen LogP contribution in [0.25, 0.3) is 11.1 Å². The van der Waals surface area contributed by atoms with Gasteiger partial charge in [-0.2, -0.15) is 4.98 Å². The minimum absolute atomic E-state index is 0.331. The molecule has 5 aromatic rings. The number of anilines is 4. The van der Waals surface area contributed by atoms with E-state index in [1.807, 2.05) is 111 Å². The van der Waals surface area contributed by atoms with Crippen LogP contribution in [-0.2, 0) is 6.54 Å². The van der Waals surface area contributed by atoms with Crippen LogP contribution in [-0.4, -0.2) is 16.1 Å². The molecule has 0 radical (unpaired) electrons. The van der Waals surface area contributed by atoms with Crippen molar-refractivity contribution in [3.63, 3.8) is 0 Å². The summed E-state index contributed by atoms with van der Waals surface area (Å²) in [6.45, 7) is 4.19. The number of carbonyl (C=O) groups is 1. The maximum absolute atomic E-state index is 13.8. The number of para-hydroxylation sites is 2. The van der Waals surface area contributed by atoms with Crippen molar-refractivity contribution in [2.75, 3.05) is 10.2 Å². The molecule has 0 aliphatic rings. The monoisotopic (exact) mass is 515 g/mol. The Bertz CT molecular complexity index is 1580. The molecule has 3 N–H and O–H groups in total. The summed E-state index contributed by atoms with van der Waals surface area (Å²) in [6, 6.07) is 32.8. The van der Waals surface area contributed by atoms with Gasteiger partial charge < -0.3 is 15.8 Å². The average molecular weight is 516 g/mol. The smallest absolute Gasteiger partial charge is 0.409 e. The average Bonchev–Trinajstić information content (AvgIpc) is 2.96. The van der Waals surface area contributed by atoms with Crippen molar-refractivity contribution < 1.29 is 9.53 Å². The maximum atomic E-state index is 13.8. The molecular formula is C32H29N5O2. The number of nitrogens with two attached hydrogens (primary N) is 1. The number of amides is 1. The van der Waals surface area contributed by atoms with E-state index >= 15 is 0 Å². The molecule has 0 saturated heterocycles. The van der Waals surface area contributed by atoms with Crippen LogP contribution in [0.5, 0.6) is 5.75 Å². The van der Waals surface area contributed by atoms with E-state index in [2.05, 4.69) is 10.3 Å². The largest absolute Gasteiger partial charge is 0.425 e. The third-order valence-corrected chi connectivity index (χ3v) is 6.35. The summed E-state index contributed by atoms with van der Waals surface area (Å²) in [4.78, 5) is 24.4. The summed E-state index contributed by atoms with van der Waals surface area (Å²) < 4.78 is 5.98. The molecule has 0 unspecified atom stereocenters. The fourth-order valence-electron chi connectivity index (χ4n) is 4.35. The van der Waals surface area contributed by atoms with Crippen LogP contribution in [0.15, 0.2) is 109 Å². The molecule has 0 atom stereocenters. The number of aryl methyl sites for hydroxylation is 2. The number of ether oxygens (including phenoxy) is 1. The van der Waals surface area contributed by atoms with Gasteiger partial charge in [-0.15, -0.1) is 0 Å². The van der Waals surface area contributed by atoms with Gasteiger partial charge in [0, 0.05) is 24.5 Å². The number of benzene rings is 4. The quantitative estimate of drug-likeness (QED) is 0.236. The van der Waals surface area contributed by atoms with Crippen LogP contribution in [0.1, 0.15) is 16.7 Å². The van der Waals surface area contributed by atoms with Gasteiger partial charge in [-0.05, 0) is 59.9 Å². The highest BCUT2D eigenvalue weighted by atomic mass is 16.6. The molecule has 4 aromatic carbocycles. The molecule has 0 saturated carbocycles. The van der Waals surface area contributed by atoms with Gasteiger partial charge >= 0.3 is 6.09 Å². The lowest BCUT2D eigenvalue weighted by molar-refractivity contribution is 0.209. The Hall–Kier alpha value is -5.01. The van der Waals surface area contributed by atoms with E-state index in [0.717, 1.165) is 33.5 Å². The Morgan fingerprint density at radius 1 is 0.846 bits per heavy atom. The Morgan fingerprint density at radius 2 is 1.54 bits per heavy atom. The molecule has 1 heterocycles. The third-order valence-electron chi connectivity index (χ3n) is 6.35. The van der Waals surface area contributed by atoms with Crippen LogP contribution in [0, 0.1) is 13.8 Å². The Morgan fingerprint density at radius 3 is 2.31 bits per heavy atom. The summed E-state index contributed by atoms with van der Waals surface area (Å²) in [5.41, 5.74) is 12.0. The Labute approximate surface area is 227 Å². The van der Waals surface area contributed by atoms with Crippen molar-refractivity contribution in [2.24, 2.45) is 5.73 Å². The van der Waals surface area contributed by atoms with Gasteiger partial charge in [0.25, 0.3) is 0 Å². The standard InChI is InChI=1S/C32H29N5O2/c1-22-10-8-11-23(2)30(22)39-32(38)37(27-16-9-15-25(20-27)24-12-4-3-5-13-24)29-18-19-34-31(36-29)35-28-17-7-6-14-26(28)21-33/h3-20H,21,33H2,1-2H3,(H,34,35,36). The summed E-state index contributed by atoms with van der Waals surface area (Å²) in [6.07, 6.45) is 1.03. The van der Waals surface area contributed by atoms with Gasteiger partial charge in [0.05, 0.1) is 5.69 Å². The van der Waals surface area contributed by atoms with Gasteiger partial charge in [-0.1, -0.05) is 78.9 Å². The van der Waals surface area contributed by atoms with Gasteiger partial charge in [0.1, 0.15) is 11.6 Å². The SMILES string of the molecule is Cc1cccc(C)c1OC(=O)N(c1cccc(-c2ccccc2)c1)c1ccnc(Nc2ccccc2CN)n1. The lowest BCUT2D eigenvalue weighted by Crippen LogP contribution is -2.30. The van der Waals surface area contributed by atoms with E-state index in [4.69, 9.17) is 15.5 Å². The van der Waals surface area contributed by atoms with Gasteiger partial charge in [-0.25, -0.2) is 14.7 Å². The van der Waals surface area contributed by atoms with Crippen molar-refractivity contribution in [1.29, 1.82) is 0 Å². The van der Waals surface area contributed by atoms with E-state index in [1.165, 1.54) is 4.90 Å². The first-order valence-corrected chi connectivity index (χ1v) is 12.6. The highest BCUT2D eigenvalue weighted by molar-refractivity contribution is 5.97. The first-order valence-electron chi connectivity index (χ1n) is 12.6. The van der Waals surface area contributed by atoms with E-state index in [1.54, 1.807) is 12.3 Å². The number of hydrogen-bond donors (Lipinski definition) is 2. The minimum atomic E-state index is -0.579. The summed E-state index contributed by atoms with van der Waals surface area (Å²) in [7, 11) is 0. The zero-order valence-electron chi connectivity index (χ0n) is 21.8. The molecule has 194 valence electrons. The molecule has 0 spiro atoms. The number of nitrogens with one attached hydrogen (secondary N) is 1. The van der Waals surface area contributed by atoms with Crippen molar-refractivity contribution in [2.45, 2.75) is 20.4 Å². The molecule has 7 nitrogen and oxygen atoms in total. The van der Waals surface area contributed by atoms with Gasteiger partial charge in [0.15, 0.2) is 0 Å². The van der Waals surface area contributed by atoms with Gasteiger partial charge in [0.2, 0.25) is 5.95 Å². The zero-order valence-corrected chi connectivity index (χ0v) is 21.8. The lowest BCUT2D eigenvalue weighted by atomic mass is 10.1. The predicted octanol–water partition coefficient (Wildman–Crippen LogP) is 7.30. The number of aromatic nitrogens is 2. The third kappa shape index (κ3) is 5.79. The highest BCUT2D eigenvalue weighted by Gasteiger charge is 2.24. The number of hydrogen-bond acceptors (Lipinski definition) is 6. The molecule has 0 fully saturated rings. The number of nitrogens with zero attached hydrogens (tertiary/aromatic N) is 3. The zero-order chi connectivity index (χ0) is 27.2. The normalized spacial score (nSPS) is 10.6. The minimum Gasteiger partial charge on any atom is -0.409 e. The van der Waals surface area contributed by atoms with E-state index in [0.29, 0.717) is 29.7 Å². The van der Waals surface area contributed by atoms with E-state index in [9.17, 15) is 4.79 Å². The Balaban J connectivity index is 1.56. The number of rotatable bonds is 7. The molecule has 5 rings (SSSR count). The van der Waals surface area contributed by atoms with Crippen LogP contribution >= 0.6 is 0 Å². The molecule has 0 aliphatic carbocycles. The van der Waals surface area contributed by atoms with Crippen LogP contribution in [0.3, 0.4) is 0 Å². The fraction of sp³-hybridized carbons (Fsp3) is 0.0938. The van der Waals surface area contributed by atoms with Crippen LogP contribution < -0.4 is 20.7 Å². The highest BCUT2D eigenvalue weighted by Crippen LogP contribution is 2.32. The molecular weight excluding hydrogens is 486 g/mol. The summed E-state index contributed by atoms with van der Waals surface area (Å²) in [5.74, 6) is 1.22. The fourth-order valence-corrected chi connectivity index (χ4v) is 4.35. The maximum Gasteiger partial charge on any atom is 0.425 e. The summed E-state index contributed by atoms with van der Waals surface area (Å²) >= 11 is 0. The molecule has 39 heavy (non-hydrogen) atoms. The second-order valence-electron chi connectivity index (χ2n) is 9.07. The van der Waals surface area contributed by atoms with E-state index < -0.39 is 6.09 Å². The lowest BCUT2D eigenvalue weighted by Gasteiger charge is -2.23. The number of carbonyl (C=O) groups excluding carboxylic acids is 1. The Kier molecular flexibility index (Phi) is 7.61. The van der Waals surface area contributed by atoms with E-state index in [-0.39, 0.29) is 0 Å². The van der Waals surface area contributed by atoms with Crippen molar-refractivity contribution >= 4 is 29.2 Å². The van der Waals surface area contributed by atoms with Crippen LogP contribution in [0.2, 0.25) is 0 Å². The molecule has 0 aliphatic heterocycles. The molecule has 7 heteroatoms. The van der Waals surface area contributed by atoms with Crippen molar-refractivity contribution in [3.05, 3.63) is 126 Å². The molecule has 1 aromatic heterocycles. The second kappa shape index (κ2) is 11.6. The van der Waals surface area contributed by atoms with Crippen molar-refractivity contribution in [1.82, 2.24) is 9.97 Å². The topological polar surface area (TPSA) is 93.4 Å². The van der Waals surface area contributed by atoms with Crippen LogP contribution in [0.4, 0.5) is 27.9 Å².